The van der Waals surface area contributed by atoms with Gasteiger partial charge >= 0.3 is 0 Å². The van der Waals surface area contributed by atoms with Crippen LogP contribution in [0.2, 0.25) is 0 Å². The summed E-state index contributed by atoms with van der Waals surface area (Å²) in [5, 5.41) is 11.7. The van der Waals surface area contributed by atoms with E-state index in [0.717, 1.165) is 38.6 Å². The van der Waals surface area contributed by atoms with Crippen LogP contribution in [0.25, 0.3) is 0 Å². The first-order valence-corrected chi connectivity index (χ1v) is 11.5. The highest BCUT2D eigenvalue weighted by atomic mass is 16.7. The summed E-state index contributed by atoms with van der Waals surface area (Å²) < 4.78 is 11.8. The Morgan fingerprint density at radius 3 is 2.74 bits per heavy atom. The zero-order valence-electron chi connectivity index (χ0n) is 19.6. The summed E-state index contributed by atoms with van der Waals surface area (Å²) in [6.07, 6.45) is 6.00. The summed E-state index contributed by atoms with van der Waals surface area (Å²) >= 11 is 0. The fourth-order valence-electron chi connectivity index (χ4n) is 4.93. The van der Waals surface area contributed by atoms with Crippen molar-refractivity contribution in [2.24, 2.45) is 27.7 Å². The van der Waals surface area contributed by atoms with Crippen LogP contribution < -0.4 is 10.8 Å². The van der Waals surface area contributed by atoms with Crippen LogP contribution in [0.5, 0.6) is 0 Å². The molecule has 0 amide bonds. The third kappa shape index (κ3) is 6.47. The molecule has 9 nitrogen and oxygen atoms in total. The van der Waals surface area contributed by atoms with Gasteiger partial charge in [0.15, 0.2) is 18.4 Å². The molecule has 0 bridgehead atoms. The Morgan fingerprint density at radius 2 is 2.13 bits per heavy atom. The first kappa shape index (κ1) is 24.1. The number of hydrogen-bond donors (Lipinski definition) is 3. The summed E-state index contributed by atoms with van der Waals surface area (Å²) in [4.78, 5) is 15.9. The standard InChI is InChI=1S/C22H40N6O3/c1-16-5-7-18(8-6-16)11-28(14-22(29-4)9-10-30-13-17(22)2)12-19(23)26-20(24-3)21-25-15-31-27-21/h16-18H,5-15H2,1-4H3,(H,25,27)(H2,23,24,26). The van der Waals surface area contributed by atoms with Crippen LogP contribution in [0, 0.1) is 23.2 Å². The smallest absolute Gasteiger partial charge is 0.191 e. The molecular weight excluding hydrogens is 396 g/mol. The predicted molar refractivity (Wildman–Crippen MR) is 123 cm³/mol. The van der Waals surface area contributed by atoms with E-state index in [-0.39, 0.29) is 12.3 Å². The number of nitrogens with zero attached hydrogens (tertiary/aromatic N) is 3. The molecule has 1 saturated carbocycles. The number of nitrogens with one attached hydrogen (secondary N) is 3. The number of hydrogen-bond acceptors (Lipinski definition) is 8. The summed E-state index contributed by atoms with van der Waals surface area (Å²) in [6.45, 7) is 8.55. The molecule has 1 aliphatic carbocycles. The minimum atomic E-state index is -0.243. The van der Waals surface area contributed by atoms with Crippen molar-refractivity contribution in [2.75, 3.05) is 53.7 Å². The Labute approximate surface area is 186 Å². The molecule has 3 rings (SSSR count). The van der Waals surface area contributed by atoms with Crippen LogP contribution >= 0.6 is 0 Å². The highest BCUT2D eigenvalue weighted by Crippen LogP contribution is 2.33. The van der Waals surface area contributed by atoms with Crippen molar-refractivity contribution >= 4 is 17.5 Å². The molecule has 0 spiro atoms. The molecule has 2 aliphatic heterocycles. The third-order valence-corrected chi connectivity index (χ3v) is 7.04. The predicted octanol–water partition coefficient (Wildman–Crippen LogP) is 2.04. The van der Waals surface area contributed by atoms with Crippen molar-refractivity contribution in [2.45, 2.75) is 51.6 Å². The Balaban J connectivity index is 1.67. The lowest BCUT2D eigenvalue weighted by Crippen LogP contribution is -2.56. The molecule has 3 N–H and O–H groups in total. The molecule has 2 unspecified atom stereocenters. The van der Waals surface area contributed by atoms with Gasteiger partial charge in [-0.2, -0.15) is 0 Å². The van der Waals surface area contributed by atoms with Gasteiger partial charge in [0.05, 0.1) is 18.8 Å². The fraction of sp³-hybridized carbons (Fsp3) is 0.864. The lowest BCUT2D eigenvalue weighted by molar-refractivity contribution is -0.140. The van der Waals surface area contributed by atoms with Gasteiger partial charge in [-0.25, -0.2) is 10.5 Å². The van der Waals surface area contributed by atoms with Crippen LogP contribution in [-0.2, 0) is 14.3 Å². The van der Waals surface area contributed by atoms with Gasteiger partial charge in [-0.3, -0.25) is 20.1 Å². The van der Waals surface area contributed by atoms with Crippen LogP contribution in [0.15, 0.2) is 9.98 Å². The Kier molecular flexibility index (Phi) is 8.83. The highest BCUT2D eigenvalue weighted by molar-refractivity contribution is 6.42. The first-order valence-electron chi connectivity index (χ1n) is 11.5. The number of hydroxylamine groups is 1. The monoisotopic (exact) mass is 436 g/mol. The van der Waals surface area contributed by atoms with Crippen molar-refractivity contribution in [3.63, 3.8) is 0 Å². The Morgan fingerprint density at radius 1 is 1.35 bits per heavy atom. The molecular formula is C22H40N6O3. The zero-order valence-corrected chi connectivity index (χ0v) is 19.6. The second kappa shape index (κ2) is 11.4. The van der Waals surface area contributed by atoms with Gasteiger partial charge in [-0.15, -0.1) is 0 Å². The lowest BCUT2D eigenvalue weighted by Gasteiger charge is -2.45. The van der Waals surface area contributed by atoms with Gasteiger partial charge in [-0.05, 0) is 24.7 Å². The number of methoxy groups -OCH3 is 1. The Bertz CT molecular complexity index is 662. The van der Waals surface area contributed by atoms with Crippen molar-refractivity contribution in [3.8, 4) is 0 Å². The van der Waals surface area contributed by atoms with Crippen LogP contribution in [0.3, 0.4) is 0 Å². The van der Waals surface area contributed by atoms with E-state index in [1.807, 2.05) is 7.11 Å². The molecule has 2 atom stereocenters. The van der Waals surface area contributed by atoms with Crippen molar-refractivity contribution in [3.05, 3.63) is 0 Å². The summed E-state index contributed by atoms with van der Waals surface area (Å²) in [5.41, 5.74) is 2.49. The number of aliphatic imine (C=N–C) groups is 2. The normalized spacial score (nSPS) is 32.0. The maximum atomic E-state index is 8.63. The zero-order chi connectivity index (χ0) is 22.3. The van der Waals surface area contributed by atoms with Crippen molar-refractivity contribution in [1.29, 1.82) is 5.41 Å². The van der Waals surface area contributed by atoms with E-state index >= 15 is 0 Å². The van der Waals surface area contributed by atoms with E-state index in [1.165, 1.54) is 25.7 Å². The lowest BCUT2D eigenvalue weighted by atomic mass is 9.81. The molecule has 2 fully saturated rings. The van der Waals surface area contributed by atoms with Gasteiger partial charge in [0, 0.05) is 46.2 Å². The average Bonchev–Trinajstić information content (AvgIpc) is 3.30. The molecule has 176 valence electrons. The van der Waals surface area contributed by atoms with Crippen LogP contribution in [0.4, 0.5) is 0 Å². The molecule has 1 saturated heterocycles. The first-order chi connectivity index (χ1) is 15.0. The summed E-state index contributed by atoms with van der Waals surface area (Å²) in [5.74, 6) is 3.26. The van der Waals surface area contributed by atoms with E-state index in [1.54, 1.807) is 7.05 Å². The van der Waals surface area contributed by atoms with E-state index in [4.69, 9.17) is 19.7 Å². The highest BCUT2D eigenvalue weighted by Gasteiger charge is 2.41. The molecule has 9 heteroatoms. The van der Waals surface area contributed by atoms with Gasteiger partial charge < -0.3 is 14.8 Å². The van der Waals surface area contributed by atoms with Gasteiger partial charge in [0.1, 0.15) is 5.84 Å². The molecule has 0 aromatic heterocycles. The minimum absolute atomic E-state index is 0.243. The van der Waals surface area contributed by atoms with Crippen LogP contribution in [0.1, 0.15) is 46.0 Å². The molecule has 31 heavy (non-hydrogen) atoms. The number of amidine groups is 3. The van der Waals surface area contributed by atoms with Gasteiger partial charge in [0.25, 0.3) is 0 Å². The molecule has 0 aromatic rings. The number of ether oxygens (including phenoxy) is 2. The maximum Gasteiger partial charge on any atom is 0.191 e. The SMILES string of the molecule is CN=C(NC(=N)CN(CC1CCC(C)CC1)CC1(OC)CCOCC1C)C1=NCON1. The van der Waals surface area contributed by atoms with E-state index < -0.39 is 0 Å². The number of rotatable bonds is 8. The summed E-state index contributed by atoms with van der Waals surface area (Å²) in [6, 6.07) is 0. The van der Waals surface area contributed by atoms with E-state index in [0.29, 0.717) is 35.9 Å². The van der Waals surface area contributed by atoms with Gasteiger partial charge in [0.2, 0.25) is 0 Å². The Hall–Kier alpha value is -1.55. The molecule has 2 heterocycles. The van der Waals surface area contributed by atoms with Crippen LogP contribution in [-0.4, -0.2) is 81.7 Å². The summed E-state index contributed by atoms with van der Waals surface area (Å²) in [7, 11) is 3.50. The van der Waals surface area contributed by atoms with Crippen molar-refractivity contribution in [1.82, 2.24) is 15.7 Å². The maximum absolute atomic E-state index is 8.63. The third-order valence-electron chi connectivity index (χ3n) is 7.04. The second-order valence-electron chi connectivity index (χ2n) is 9.35. The molecule has 0 radical (unpaired) electrons. The molecule has 0 aromatic carbocycles. The topological polar surface area (TPSA) is 104 Å². The largest absolute Gasteiger partial charge is 0.381 e. The molecule has 3 aliphatic rings. The van der Waals surface area contributed by atoms with Crippen molar-refractivity contribution < 1.29 is 14.3 Å². The minimum Gasteiger partial charge on any atom is -0.381 e. The van der Waals surface area contributed by atoms with Gasteiger partial charge in [-0.1, -0.05) is 26.7 Å². The second-order valence-corrected chi connectivity index (χ2v) is 9.35. The van der Waals surface area contributed by atoms with E-state index in [2.05, 4.69) is 39.5 Å². The van der Waals surface area contributed by atoms with E-state index in [9.17, 15) is 0 Å². The quantitative estimate of drug-likeness (QED) is 0.397. The average molecular weight is 437 g/mol. The fourth-order valence-corrected chi connectivity index (χ4v) is 4.93.